The number of hydrogen-bond donors (Lipinski definition) is 2. The lowest BCUT2D eigenvalue weighted by atomic mass is 10.0. The summed E-state index contributed by atoms with van der Waals surface area (Å²) in [5.74, 6) is 0.772. The molecule has 1 atom stereocenters. The van der Waals surface area contributed by atoms with E-state index in [1.807, 2.05) is 0 Å². The lowest BCUT2D eigenvalue weighted by Gasteiger charge is -2.15. The van der Waals surface area contributed by atoms with Crippen LogP contribution in [0, 0.1) is 5.92 Å². The van der Waals surface area contributed by atoms with Gasteiger partial charge in [-0.3, -0.25) is 0 Å². The van der Waals surface area contributed by atoms with Gasteiger partial charge in [-0.2, -0.15) is 0 Å². The zero-order chi connectivity index (χ0) is 10.1. The molecule has 0 aromatic heterocycles. The van der Waals surface area contributed by atoms with Crippen molar-refractivity contribution in [1.82, 2.24) is 5.32 Å². The average molecular weight is 187 g/mol. The van der Waals surface area contributed by atoms with Crippen molar-refractivity contribution >= 4 is 0 Å². The molecule has 0 aromatic rings. The van der Waals surface area contributed by atoms with Gasteiger partial charge in [0.05, 0.1) is 6.10 Å². The first kappa shape index (κ1) is 12.9. The predicted octanol–water partition coefficient (Wildman–Crippen LogP) is 2.17. The Morgan fingerprint density at radius 3 is 2.15 bits per heavy atom. The van der Waals surface area contributed by atoms with Gasteiger partial charge in [-0.15, -0.1) is 0 Å². The van der Waals surface area contributed by atoms with Gasteiger partial charge >= 0.3 is 0 Å². The summed E-state index contributed by atoms with van der Waals surface area (Å²) >= 11 is 0. The van der Waals surface area contributed by atoms with Crippen molar-refractivity contribution in [1.29, 1.82) is 0 Å². The second-order valence-electron chi connectivity index (χ2n) is 3.78. The van der Waals surface area contributed by atoms with Crippen molar-refractivity contribution in [3.63, 3.8) is 0 Å². The van der Waals surface area contributed by atoms with Crippen molar-refractivity contribution in [3.05, 3.63) is 0 Å². The summed E-state index contributed by atoms with van der Waals surface area (Å²) in [5, 5.41) is 12.8. The van der Waals surface area contributed by atoms with E-state index in [1.165, 1.54) is 12.8 Å². The first-order chi connectivity index (χ1) is 6.24. The van der Waals surface area contributed by atoms with Gasteiger partial charge in [-0.1, -0.05) is 40.0 Å². The SMILES string of the molecule is CCCC(O)CNCC(CC)CC. The van der Waals surface area contributed by atoms with Gasteiger partial charge in [-0.05, 0) is 18.9 Å². The minimum atomic E-state index is -0.153. The second kappa shape index (κ2) is 8.52. The minimum absolute atomic E-state index is 0.153. The molecule has 80 valence electrons. The van der Waals surface area contributed by atoms with Crippen LogP contribution in [0.5, 0.6) is 0 Å². The summed E-state index contributed by atoms with van der Waals surface area (Å²) in [6.45, 7) is 8.35. The van der Waals surface area contributed by atoms with Crippen LogP contribution >= 0.6 is 0 Å². The summed E-state index contributed by atoms with van der Waals surface area (Å²) in [6, 6.07) is 0. The molecule has 0 radical (unpaired) electrons. The van der Waals surface area contributed by atoms with Crippen LogP contribution in [0.15, 0.2) is 0 Å². The van der Waals surface area contributed by atoms with Gasteiger partial charge in [0.1, 0.15) is 0 Å². The maximum atomic E-state index is 9.44. The summed E-state index contributed by atoms with van der Waals surface area (Å²) in [4.78, 5) is 0. The fourth-order valence-corrected chi connectivity index (χ4v) is 1.47. The molecule has 0 aliphatic heterocycles. The van der Waals surface area contributed by atoms with E-state index in [0.717, 1.165) is 31.8 Å². The van der Waals surface area contributed by atoms with Crippen LogP contribution in [0.3, 0.4) is 0 Å². The third-order valence-corrected chi connectivity index (χ3v) is 2.59. The monoisotopic (exact) mass is 187 g/mol. The molecule has 0 heterocycles. The molecule has 2 heteroatoms. The molecule has 0 fully saturated rings. The van der Waals surface area contributed by atoms with Crippen LogP contribution in [0.4, 0.5) is 0 Å². The zero-order valence-electron chi connectivity index (χ0n) is 9.34. The van der Waals surface area contributed by atoms with E-state index in [0.29, 0.717) is 0 Å². The first-order valence-corrected chi connectivity index (χ1v) is 5.63. The molecule has 2 nitrogen and oxygen atoms in total. The number of rotatable bonds is 8. The lowest BCUT2D eigenvalue weighted by molar-refractivity contribution is 0.158. The highest BCUT2D eigenvalue weighted by atomic mass is 16.3. The van der Waals surface area contributed by atoms with Gasteiger partial charge in [0, 0.05) is 6.54 Å². The van der Waals surface area contributed by atoms with E-state index < -0.39 is 0 Å². The molecule has 1 unspecified atom stereocenters. The maximum Gasteiger partial charge on any atom is 0.0664 e. The Morgan fingerprint density at radius 1 is 1.08 bits per heavy atom. The molecule has 13 heavy (non-hydrogen) atoms. The predicted molar refractivity (Wildman–Crippen MR) is 57.9 cm³/mol. The molecule has 0 aromatic carbocycles. The van der Waals surface area contributed by atoms with E-state index in [2.05, 4.69) is 26.1 Å². The van der Waals surface area contributed by atoms with Gasteiger partial charge in [-0.25, -0.2) is 0 Å². The van der Waals surface area contributed by atoms with E-state index in [1.54, 1.807) is 0 Å². The molecule has 0 aliphatic carbocycles. The molecule has 0 aliphatic rings. The number of hydrogen-bond acceptors (Lipinski definition) is 2. The van der Waals surface area contributed by atoms with Crippen molar-refractivity contribution in [3.8, 4) is 0 Å². The summed E-state index contributed by atoms with van der Waals surface area (Å²) in [7, 11) is 0. The highest BCUT2D eigenvalue weighted by Crippen LogP contribution is 2.05. The lowest BCUT2D eigenvalue weighted by Crippen LogP contribution is -2.30. The third-order valence-electron chi connectivity index (χ3n) is 2.59. The molecule has 0 spiro atoms. The van der Waals surface area contributed by atoms with E-state index in [-0.39, 0.29) is 6.10 Å². The fourth-order valence-electron chi connectivity index (χ4n) is 1.47. The van der Waals surface area contributed by atoms with Crippen LogP contribution in [0.2, 0.25) is 0 Å². The van der Waals surface area contributed by atoms with Crippen LogP contribution in [0.1, 0.15) is 46.5 Å². The van der Waals surface area contributed by atoms with E-state index >= 15 is 0 Å². The zero-order valence-corrected chi connectivity index (χ0v) is 9.34. The molecule has 0 saturated heterocycles. The largest absolute Gasteiger partial charge is 0.392 e. The van der Waals surface area contributed by atoms with Crippen LogP contribution in [0.25, 0.3) is 0 Å². The maximum absolute atomic E-state index is 9.44. The molecule has 2 N–H and O–H groups in total. The Labute approximate surface area is 82.7 Å². The highest BCUT2D eigenvalue weighted by molar-refractivity contribution is 4.62. The normalized spacial score (nSPS) is 13.6. The smallest absolute Gasteiger partial charge is 0.0664 e. The van der Waals surface area contributed by atoms with Gasteiger partial charge in [0.25, 0.3) is 0 Å². The van der Waals surface area contributed by atoms with Crippen LogP contribution < -0.4 is 5.32 Å². The molecule has 0 rings (SSSR count). The molecule has 0 bridgehead atoms. The molecule has 0 saturated carbocycles. The minimum Gasteiger partial charge on any atom is -0.392 e. The van der Waals surface area contributed by atoms with Crippen molar-refractivity contribution in [2.24, 2.45) is 5.92 Å². The van der Waals surface area contributed by atoms with Gasteiger partial charge < -0.3 is 10.4 Å². The van der Waals surface area contributed by atoms with Crippen LogP contribution in [-0.4, -0.2) is 24.3 Å². The standard InChI is InChI=1S/C11H25NO/c1-4-7-11(13)9-12-8-10(5-2)6-3/h10-13H,4-9H2,1-3H3. The Hall–Kier alpha value is -0.0800. The van der Waals surface area contributed by atoms with Crippen molar-refractivity contribution in [2.45, 2.75) is 52.6 Å². The third kappa shape index (κ3) is 7.03. The van der Waals surface area contributed by atoms with E-state index in [4.69, 9.17) is 0 Å². The fraction of sp³-hybridized carbons (Fsp3) is 1.00. The number of aliphatic hydroxyl groups is 1. The molecular weight excluding hydrogens is 162 g/mol. The van der Waals surface area contributed by atoms with E-state index in [9.17, 15) is 5.11 Å². The highest BCUT2D eigenvalue weighted by Gasteiger charge is 2.05. The quantitative estimate of drug-likeness (QED) is 0.610. The molecule has 0 amide bonds. The topological polar surface area (TPSA) is 32.3 Å². The number of nitrogens with one attached hydrogen (secondary N) is 1. The summed E-state index contributed by atoms with van der Waals surface area (Å²) < 4.78 is 0. The van der Waals surface area contributed by atoms with Crippen molar-refractivity contribution < 1.29 is 5.11 Å². The van der Waals surface area contributed by atoms with Crippen LogP contribution in [-0.2, 0) is 0 Å². The second-order valence-corrected chi connectivity index (χ2v) is 3.78. The summed E-state index contributed by atoms with van der Waals surface area (Å²) in [6.07, 6.45) is 4.28. The molecular formula is C11H25NO. The average Bonchev–Trinajstić information content (AvgIpc) is 2.13. The van der Waals surface area contributed by atoms with Gasteiger partial charge in [0.15, 0.2) is 0 Å². The number of aliphatic hydroxyl groups excluding tert-OH is 1. The Morgan fingerprint density at radius 2 is 1.69 bits per heavy atom. The first-order valence-electron chi connectivity index (χ1n) is 5.63. The van der Waals surface area contributed by atoms with Gasteiger partial charge in [0.2, 0.25) is 0 Å². The Balaban J connectivity index is 3.32. The summed E-state index contributed by atoms with van der Waals surface area (Å²) in [5.41, 5.74) is 0. The Bertz CT molecular complexity index is 102. The van der Waals surface area contributed by atoms with Crippen molar-refractivity contribution in [2.75, 3.05) is 13.1 Å². The Kier molecular flexibility index (Phi) is 8.46.